The molecule has 2 aromatic carbocycles. The molecule has 0 aliphatic carbocycles. The molecule has 122 valence electrons. The van der Waals surface area contributed by atoms with Crippen molar-refractivity contribution in [2.75, 3.05) is 5.32 Å². The summed E-state index contributed by atoms with van der Waals surface area (Å²) in [6, 6.07) is 19.3. The highest BCUT2D eigenvalue weighted by atomic mass is 32.2. The van der Waals surface area contributed by atoms with Gasteiger partial charge < -0.3 is 9.73 Å². The van der Waals surface area contributed by atoms with Crippen LogP contribution in [0.5, 0.6) is 0 Å². The number of sulfonamides is 1. The first-order chi connectivity index (χ1) is 11.4. The molecular formula is C17H14N2O4S. The van der Waals surface area contributed by atoms with Crippen LogP contribution >= 0.6 is 0 Å². The van der Waals surface area contributed by atoms with Crippen molar-refractivity contribution in [3.8, 4) is 11.1 Å². The van der Waals surface area contributed by atoms with Crippen molar-refractivity contribution in [1.82, 2.24) is 0 Å². The summed E-state index contributed by atoms with van der Waals surface area (Å²) in [6.45, 7) is 0. The number of amides is 1. The van der Waals surface area contributed by atoms with Crippen molar-refractivity contribution in [1.29, 1.82) is 0 Å². The maximum absolute atomic E-state index is 12.3. The van der Waals surface area contributed by atoms with E-state index in [0.717, 1.165) is 17.2 Å². The second kappa shape index (κ2) is 6.31. The zero-order chi connectivity index (χ0) is 17.2. The minimum atomic E-state index is -3.99. The van der Waals surface area contributed by atoms with Crippen molar-refractivity contribution < 1.29 is 17.6 Å². The molecular weight excluding hydrogens is 328 g/mol. The van der Waals surface area contributed by atoms with Crippen LogP contribution in [0.2, 0.25) is 0 Å². The third-order valence-electron chi connectivity index (χ3n) is 3.35. The quantitative estimate of drug-likeness (QED) is 0.761. The van der Waals surface area contributed by atoms with Gasteiger partial charge in [0.15, 0.2) is 5.76 Å². The van der Waals surface area contributed by atoms with Gasteiger partial charge in [-0.15, -0.1) is 0 Å². The number of carbonyl (C=O) groups is 1. The average molecular weight is 342 g/mol. The van der Waals surface area contributed by atoms with E-state index < -0.39 is 21.0 Å². The number of nitrogens with one attached hydrogen (secondary N) is 1. The fourth-order valence-electron chi connectivity index (χ4n) is 2.24. The Hall–Kier alpha value is -2.90. The lowest BCUT2D eigenvalue weighted by atomic mass is 10.0. The van der Waals surface area contributed by atoms with Crippen LogP contribution in [0.15, 0.2) is 76.2 Å². The predicted molar refractivity (Wildman–Crippen MR) is 89.9 cm³/mol. The van der Waals surface area contributed by atoms with E-state index in [1.54, 1.807) is 12.1 Å². The molecule has 1 heterocycles. The molecule has 1 amide bonds. The van der Waals surface area contributed by atoms with Crippen LogP contribution in [0, 0.1) is 0 Å². The number of nitrogens with two attached hydrogens (primary N) is 1. The molecule has 3 N–H and O–H groups in total. The highest BCUT2D eigenvalue weighted by Crippen LogP contribution is 2.28. The van der Waals surface area contributed by atoms with E-state index in [1.165, 1.54) is 6.07 Å². The Kier molecular flexibility index (Phi) is 4.20. The second-order valence-corrected chi connectivity index (χ2v) is 6.52. The number of primary sulfonamides is 1. The first-order valence-corrected chi connectivity index (χ1v) is 8.58. The van der Waals surface area contributed by atoms with E-state index >= 15 is 0 Å². The van der Waals surface area contributed by atoms with Gasteiger partial charge in [-0.05, 0) is 23.8 Å². The number of para-hydroxylation sites is 1. The standard InChI is InChI=1S/C17H14N2O4S/c18-24(21,22)16-11-10-15(23-16)17(20)19-14-9-5-4-8-13(14)12-6-2-1-3-7-12/h1-11H,(H,19,20)(H2,18,21,22). The molecule has 0 saturated carbocycles. The summed E-state index contributed by atoms with van der Waals surface area (Å²) in [5, 5.41) is 7.24. The van der Waals surface area contributed by atoms with Gasteiger partial charge in [-0.3, -0.25) is 4.79 Å². The Morgan fingerprint density at radius 1 is 0.917 bits per heavy atom. The molecule has 24 heavy (non-hydrogen) atoms. The van der Waals surface area contributed by atoms with Gasteiger partial charge in [-0.2, -0.15) is 0 Å². The van der Waals surface area contributed by atoms with Crippen LogP contribution in [-0.4, -0.2) is 14.3 Å². The summed E-state index contributed by atoms with van der Waals surface area (Å²) in [4.78, 5) is 12.3. The van der Waals surface area contributed by atoms with Crippen molar-refractivity contribution in [3.05, 3.63) is 72.5 Å². The van der Waals surface area contributed by atoms with Crippen LogP contribution in [0.25, 0.3) is 11.1 Å². The minimum Gasteiger partial charge on any atom is -0.438 e. The lowest BCUT2D eigenvalue weighted by molar-refractivity contribution is 0.0991. The molecule has 0 aliphatic heterocycles. The van der Waals surface area contributed by atoms with E-state index in [9.17, 15) is 13.2 Å². The predicted octanol–water partition coefficient (Wildman–Crippen LogP) is 2.85. The Morgan fingerprint density at radius 2 is 1.58 bits per heavy atom. The van der Waals surface area contributed by atoms with Gasteiger partial charge in [0.1, 0.15) is 0 Å². The molecule has 0 aliphatic rings. The topological polar surface area (TPSA) is 102 Å². The van der Waals surface area contributed by atoms with Crippen molar-refractivity contribution in [3.63, 3.8) is 0 Å². The Morgan fingerprint density at radius 3 is 2.25 bits per heavy atom. The first-order valence-electron chi connectivity index (χ1n) is 7.03. The third kappa shape index (κ3) is 3.37. The highest BCUT2D eigenvalue weighted by Gasteiger charge is 2.18. The maximum atomic E-state index is 12.3. The number of carbonyl (C=O) groups excluding carboxylic acids is 1. The van der Waals surface area contributed by atoms with Gasteiger partial charge in [0, 0.05) is 11.3 Å². The van der Waals surface area contributed by atoms with Crippen LogP contribution in [0.3, 0.4) is 0 Å². The molecule has 3 aromatic rings. The van der Waals surface area contributed by atoms with Gasteiger partial charge >= 0.3 is 0 Å². The van der Waals surface area contributed by atoms with Crippen molar-refractivity contribution >= 4 is 21.6 Å². The van der Waals surface area contributed by atoms with Gasteiger partial charge in [0.25, 0.3) is 15.9 Å². The molecule has 0 unspecified atom stereocenters. The van der Waals surface area contributed by atoms with E-state index in [0.29, 0.717) is 5.69 Å². The first kappa shape index (κ1) is 16.0. The van der Waals surface area contributed by atoms with Crippen LogP contribution in [0.4, 0.5) is 5.69 Å². The number of rotatable bonds is 4. The van der Waals surface area contributed by atoms with Gasteiger partial charge in [0.05, 0.1) is 0 Å². The average Bonchev–Trinajstić information content (AvgIpc) is 3.07. The monoisotopic (exact) mass is 342 g/mol. The molecule has 0 bridgehead atoms. The summed E-state index contributed by atoms with van der Waals surface area (Å²) in [5.41, 5.74) is 2.37. The number of hydrogen-bond donors (Lipinski definition) is 2. The highest BCUT2D eigenvalue weighted by molar-refractivity contribution is 7.89. The molecule has 0 atom stereocenters. The van der Waals surface area contributed by atoms with Gasteiger partial charge in [0.2, 0.25) is 5.09 Å². The number of benzene rings is 2. The SMILES string of the molecule is NS(=O)(=O)c1ccc(C(=O)Nc2ccccc2-c2ccccc2)o1. The van der Waals surface area contributed by atoms with Crippen LogP contribution < -0.4 is 10.5 Å². The fraction of sp³-hybridized carbons (Fsp3) is 0. The Balaban J connectivity index is 1.89. The largest absolute Gasteiger partial charge is 0.438 e. The normalized spacial score (nSPS) is 11.2. The molecule has 7 heteroatoms. The molecule has 0 radical (unpaired) electrons. The van der Waals surface area contributed by atoms with Gasteiger partial charge in [-0.1, -0.05) is 48.5 Å². The zero-order valence-corrected chi connectivity index (χ0v) is 13.3. The lowest BCUT2D eigenvalue weighted by Gasteiger charge is -2.10. The molecule has 0 spiro atoms. The molecule has 1 aromatic heterocycles. The molecule has 0 saturated heterocycles. The molecule has 3 rings (SSSR count). The summed E-state index contributed by atoms with van der Waals surface area (Å²) in [5.74, 6) is -0.699. The smallest absolute Gasteiger partial charge is 0.291 e. The van der Waals surface area contributed by atoms with Gasteiger partial charge in [-0.25, -0.2) is 13.6 Å². The fourth-order valence-corrected chi connectivity index (χ4v) is 2.70. The van der Waals surface area contributed by atoms with Crippen LogP contribution in [0.1, 0.15) is 10.6 Å². The summed E-state index contributed by atoms with van der Waals surface area (Å²) in [7, 11) is -3.99. The van der Waals surface area contributed by atoms with Crippen molar-refractivity contribution in [2.24, 2.45) is 5.14 Å². The Bertz CT molecular complexity index is 979. The van der Waals surface area contributed by atoms with E-state index in [-0.39, 0.29) is 5.76 Å². The van der Waals surface area contributed by atoms with E-state index in [4.69, 9.17) is 9.56 Å². The third-order valence-corrected chi connectivity index (χ3v) is 4.13. The second-order valence-electron chi connectivity index (χ2n) is 5.03. The summed E-state index contributed by atoms with van der Waals surface area (Å²) in [6.07, 6.45) is 0. The summed E-state index contributed by atoms with van der Waals surface area (Å²) < 4.78 is 27.4. The Labute approximate surface area is 139 Å². The zero-order valence-electron chi connectivity index (χ0n) is 12.5. The number of furan rings is 1. The van der Waals surface area contributed by atoms with Crippen LogP contribution in [-0.2, 0) is 10.0 Å². The molecule has 0 fully saturated rings. The maximum Gasteiger partial charge on any atom is 0.291 e. The molecule has 6 nitrogen and oxygen atoms in total. The number of anilines is 1. The van der Waals surface area contributed by atoms with E-state index in [1.807, 2.05) is 42.5 Å². The minimum absolute atomic E-state index is 0.137. The number of hydrogen-bond acceptors (Lipinski definition) is 4. The lowest BCUT2D eigenvalue weighted by Crippen LogP contribution is -2.13. The summed E-state index contributed by atoms with van der Waals surface area (Å²) >= 11 is 0. The van der Waals surface area contributed by atoms with E-state index in [2.05, 4.69) is 5.32 Å². The van der Waals surface area contributed by atoms with Crippen molar-refractivity contribution in [2.45, 2.75) is 5.09 Å².